The molecule has 0 aliphatic rings. The molecule has 0 atom stereocenters. The minimum Gasteiger partial charge on any atom is -0.474 e. The Bertz CT molecular complexity index is 813. The van der Waals surface area contributed by atoms with Gasteiger partial charge in [-0.2, -0.15) is 13.2 Å². The van der Waals surface area contributed by atoms with Gasteiger partial charge in [0.15, 0.2) is 5.78 Å². The molecule has 2 rings (SSSR count). The molecule has 25 heavy (non-hydrogen) atoms. The molecule has 0 fully saturated rings. The van der Waals surface area contributed by atoms with Crippen molar-refractivity contribution in [2.24, 2.45) is 0 Å². The molecule has 0 N–H and O–H groups in total. The largest absolute Gasteiger partial charge is 0.474 e. The fourth-order valence-corrected chi connectivity index (χ4v) is 2.29. The summed E-state index contributed by atoms with van der Waals surface area (Å²) in [7, 11) is 0. The number of halogens is 4. The third-order valence-corrected chi connectivity index (χ3v) is 3.46. The lowest BCUT2D eigenvalue weighted by Gasteiger charge is -2.18. The smallest absolute Gasteiger partial charge is 0.417 e. The van der Waals surface area contributed by atoms with Crippen LogP contribution < -0.4 is 4.74 Å². The highest BCUT2D eigenvalue weighted by atomic mass is 19.4. The maximum absolute atomic E-state index is 13.8. The zero-order valence-electron chi connectivity index (χ0n) is 14.2. The van der Waals surface area contributed by atoms with Crippen LogP contribution in [0.2, 0.25) is 0 Å². The predicted octanol–water partition coefficient (Wildman–Crippen LogP) is 5.20. The lowest BCUT2D eigenvalue weighted by molar-refractivity contribution is -0.138. The summed E-state index contributed by atoms with van der Waals surface area (Å²) < 4.78 is 59.5. The van der Waals surface area contributed by atoms with Gasteiger partial charge in [0, 0.05) is 5.56 Å². The first-order valence-electron chi connectivity index (χ1n) is 7.57. The number of alkyl halides is 3. The van der Waals surface area contributed by atoms with Crippen molar-refractivity contribution in [1.82, 2.24) is 4.98 Å². The van der Waals surface area contributed by atoms with Crippen molar-refractivity contribution >= 4 is 5.78 Å². The molecule has 1 aromatic heterocycles. The van der Waals surface area contributed by atoms with Crippen LogP contribution in [0.15, 0.2) is 24.3 Å². The number of hydrogen-bond acceptors (Lipinski definition) is 3. The maximum atomic E-state index is 13.8. The van der Waals surface area contributed by atoms with Gasteiger partial charge >= 0.3 is 6.18 Å². The molecule has 0 unspecified atom stereocenters. The SMILES string of the molecule is CC(=O)c1c(C(F)(F)F)cc(-c2ccc(C)c(F)c2)nc1OC(C)C. The number of Topliss-reactive ketones (excluding diaryl/α,β-unsaturated/α-hetero) is 1. The van der Waals surface area contributed by atoms with Crippen molar-refractivity contribution in [1.29, 1.82) is 0 Å². The Morgan fingerprint density at radius 1 is 1.20 bits per heavy atom. The van der Waals surface area contributed by atoms with E-state index in [0.29, 0.717) is 5.56 Å². The fraction of sp³-hybridized carbons (Fsp3) is 0.333. The van der Waals surface area contributed by atoms with Gasteiger partial charge in [-0.3, -0.25) is 4.79 Å². The minimum absolute atomic E-state index is 0.119. The fourth-order valence-electron chi connectivity index (χ4n) is 2.29. The lowest BCUT2D eigenvalue weighted by atomic mass is 10.0. The minimum atomic E-state index is -4.78. The number of aromatic nitrogens is 1. The summed E-state index contributed by atoms with van der Waals surface area (Å²) in [6, 6.07) is 4.76. The van der Waals surface area contributed by atoms with Crippen molar-refractivity contribution in [3.05, 3.63) is 46.8 Å². The van der Waals surface area contributed by atoms with Gasteiger partial charge in [0.1, 0.15) is 5.82 Å². The second-order valence-corrected chi connectivity index (χ2v) is 5.92. The monoisotopic (exact) mass is 355 g/mol. The van der Waals surface area contributed by atoms with Crippen LogP contribution in [0.3, 0.4) is 0 Å². The number of nitrogens with zero attached hydrogens (tertiary/aromatic N) is 1. The molecule has 0 saturated carbocycles. The number of aryl methyl sites for hydroxylation is 1. The van der Waals surface area contributed by atoms with E-state index in [1.165, 1.54) is 12.1 Å². The first-order valence-corrected chi connectivity index (χ1v) is 7.57. The topological polar surface area (TPSA) is 39.2 Å². The molecule has 1 aromatic carbocycles. The van der Waals surface area contributed by atoms with E-state index < -0.39 is 40.9 Å². The molecular formula is C18H17F4NO2. The summed E-state index contributed by atoms with van der Waals surface area (Å²) in [6.45, 7) is 5.78. The quantitative estimate of drug-likeness (QED) is 0.559. The van der Waals surface area contributed by atoms with Crippen molar-refractivity contribution < 1.29 is 27.1 Å². The number of hydrogen-bond donors (Lipinski definition) is 0. The van der Waals surface area contributed by atoms with Crippen LogP contribution in [0.4, 0.5) is 17.6 Å². The first-order chi connectivity index (χ1) is 11.5. The van der Waals surface area contributed by atoms with Crippen LogP contribution in [-0.4, -0.2) is 16.9 Å². The Hall–Kier alpha value is -2.44. The van der Waals surface area contributed by atoms with Crippen LogP contribution in [0.25, 0.3) is 11.3 Å². The predicted molar refractivity (Wildman–Crippen MR) is 85.1 cm³/mol. The van der Waals surface area contributed by atoms with Crippen LogP contribution >= 0.6 is 0 Å². The number of carbonyl (C=O) groups is 1. The van der Waals surface area contributed by atoms with Gasteiger partial charge in [-0.1, -0.05) is 12.1 Å². The molecule has 0 spiro atoms. The molecule has 134 valence electrons. The molecule has 0 amide bonds. The summed E-state index contributed by atoms with van der Waals surface area (Å²) in [4.78, 5) is 15.8. The Labute approximate surface area is 142 Å². The van der Waals surface area contributed by atoms with Gasteiger partial charge in [-0.05, 0) is 45.4 Å². The van der Waals surface area contributed by atoms with Crippen LogP contribution in [0.1, 0.15) is 42.3 Å². The highest BCUT2D eigenvalue weighted by molar-refractivity contribution is 5.98. The Kier molecular flexibility index (Phi) is 5.15. The van der Waals surface area contributed by atoms with E-state index in [9.17, 15) is 22.4 Å². The van der Waals surface area contributed by atoms with Crippen molar-refractivity contribution in [3.8, 4) is 17.1 Å². The number of benzene rings is 1. The van der Waals surface area contributed by atoms with E-state index in [1.54, 1.807) is 20.8 Å². The second kappa shape index (κ2) is 6.82. The van der Waals surface area contributed by atoms with Gasteiger partial charge in [-0.25, -0.2) is 9.37 Å². The summed E-state index contributed by atoms with van der Waals surface area (Å²) in [5, 5.41) is 0. The van der Waals surface area contributed by atoms with Gasteiger partial charge in [0.25, 0.3) is 0 Å². The Balaban J connectivity index is 2.77. The van der Waals surface area contributed by atoms with Crippen molar-refractivity contribution in [2.75, 3.05) is 0 Å². The average molecular weight is 355 g/mol. The summed E-state index contributed by atoms with van der Waals surface area (Å²) in [5.41, 5.74) is -1.37. The van der Waals surface area contributed by atoms with Crippen LogP contribution in [0.5, 0.6) is 5.88 Å². The molecule has 0 bridgehead atoms. The van der Waals surface area contributed by atoms with Crippen molar-refractivity contribution in [2.45, 2.75) is 40.0 Å². The van der Waals surface area contributed by atoms with E-state index in [-0.39, 0.29) is 11.3 Å². The van der Waals surface area contributed by atoms with E-state index in [0.717, 1.165) is 19.1 Å². The van der Waals surface area contributed by atoms with Crippen LogP contribution in [-0.2, 0) is 6.18 Å². The maximum Gasteiger partial charge on any atom is 0.417 e. The average Bonchev–Trinajstić information content (AvgIpc) is 2.47. The molecule has 7 heteroatoms. The lowest BCUT2D eigenvalue weighted by Crippen LogP contribution is -2.17. The number of rotatable bonds is 4. The van der Waals surface area contributed by atoms with Gasteiger partial charge in [0.2, 0.25) is 5.88 Å². The van der Waals surface area contributed by atoms with Crippen LogP contribution in [0, 0.1) is 12.7 Å². The zero-order valence-corrected chi connectivity index (χ0v) is 14.2. The molecule has 0 aliphatic heterocycles. The van der Waals surface area contributed by atoms with E-state index in [1.807, 2.05) is 0 Å². The Morgan fingerprint density at radius 3 is 2.32 bits per heavy atom. The van der Waals surface area contributed by atoms with E-state index in [4.69, 9.17) is 4.74 Å². The third-order valence-electron chi connectivity index (χ3n) is 3.46. The number of pyridine rings is 1. The van der Waals surface area contributed by atoms with Gasteiger partial charge in [0.05, 0.1) is 22.9 Å². The van der Waals surface area contributed by atoms with E-state index >= 15 is 0 Å². The highest BCUT2D eigenvalue weighted by Gasteiger charge is 2.38. The Morgan fingerprint density at radius 2 is 1.84 bits per heavy atom. The zero-order chi connectivity index (χ0) is 18.9. The van der Waals surface area contributed by atoms with E-state index in [2.05, 4.69) is 4.98 Å². The normalized spacial score (nSPS) is 11.7. The number of carbonyl (C=O) groups excluding carboxylic acids is 1. The summed E-state index contributed by atoms with van der Waals surface area (Å²) in [5.74, 6) is -1.78. The van der Waals surface area contributed by atoms with Gasteiger partial charge < -0.3 is 4.74 Å². The number of ether oxygens (including phenoxy) is 1. The molecule has 0 saturated heterocycles. The summed E-state index contributed by atoms with van der Waals surface area (Å²) >= 11 is 0. The molecule has 3 nitrogen and oxygen atoms in total. The standard InChI is InChI=1S/C18H17F4NO2/c1-9(2)25-17-16(11(4)24)13(18(20,21)22)8-15(23-17)12-6-5-10(3)14(19)7-12/h5-9H,1-4H3. The number of ketones is 1. The molecule has 0 aliphatic carbocycles. The molecule has 0 radical (unpaired) electrons. The van der Waals surface area contributed by atoms with Crippen molar-refractivity contribution in [3.63, 3.8) is 0 Å². The second-order valence-electron chi connectivity index (χ2n) is 5.92. The van der Waals surface area contributed by atoms with Gasteiger partial charge in [-0.15, -0.1) is 0 Å². The highest BCUT2D eigenvalue weighted by Crippen LogP contribution is 2.38. The molecule has 2 aromatic rings. The first kappa shape index (κ1) is 18.9. The summed E-state index contributed by atoms with van der Waals surface area (Å²) in [6.07, 6.45) is -5.27. The molecule has 1 heterocycles. The third kappa shape index (κ3) is 4.15. The molecular weight excluding hydrogens is 338 g/mol.